The first-order valence-electron chi connectivity index (χ1n) is 21.7. The van der Waals surface area contributed by atoms with Gasteiger partial charge in [-0.1, -0.05) is 72.9 Å². The van der Waals surface area contributed by atoms with E-state index in [1.54, 1.807) is 7.11 Å². The van der Waals surface area contributed by atoms with E-state index in [-0.39, 0.29) is 36.5 Å². The maximum absolute atomic E-state index is 13.1. The minimum Gasteiger partial charge on any atom is -0.396 e. The number of allylic oxidation sites excluding steroid dienone is 9. The van der Waals surface area contributed by atoms with Gasteiger partial charge in [0.1, 0.15) is 12.5 Å². The molecular weight excluding hydrogens is 729 g/mol. The maximum atomic E-state index is 13.1. The molecule has 58 heavy (non-hydrogen) atoms. The Hall–Kier alpha value is -2.99. The Labute approximate surface area is 346 Å². The number of nitrogens with one attached hydrogen (secondary N) is 2. The average molecular weight is 799 g/mol. The normalized spacial score (nSPS) is 37.6. The first-order chi connectivity index (χ1) is 27.8. The number of benzene rings is 1. The zero-order chi connectivity index (χ0) is 41.7. The Balaban J connectivity index is 1.29. The summed E-state index contributed by atoms with van der Waals surface area (Å²) in [5, 5.41) is 65.0. The van der Waals surface area contributed by atoms with E-state index in [0.717, 1.165) is 60.7 Å². The van der Waals surface area contributed by atoms with E-state index < -0.39 is 34.7 Å². The van der Waals surface area contributed by atoms with E-state index in [2.05, 4.69) is 66.6 Å². The van der Waals surface area contributed by atoms with Crippen LogP contribution in [0.2, 0.25) is 0 Å². The van der Waals surface area contributed by atoms with Gasteiger partial charge in [0, 0.05) is 42.6 Å². The van der Waals surface area contributed by atoms with Crippen LogP contribution in [0.3, 0.4) is 0 Å². The molecule has 1 spiro atoms. The Bertz CT molecular complexity index is 1800. The number of fused-ring (bicyclic) bond motifs is 3. The number of rotatable bonds is 14. The molecule has 0 unspecified atom stereocenters. The van der Waals surface area contributed by atoms with Gasteiger partial charge in [-0.05, 0) is 156 Å². The molecule has 1 heterocycles. The van der Waals surface area contributed by atoms with E-state index in [1.165, 1.54) is 11.1 Å². The molecule has 9 nitrogen and oxygen atoms in total. The Kier molecular flexibility index (Phi) is 14.4. The van der Waals surface area contributed by atoms with Gasteiger partial charge in [0.2, 0.25) is 0 Å². The lowest BCUT2D eigenvalue weighted by atomic mass is 9.40. The molecule has 2 saturated carbocycles. The molecule has 5 aliphatic rings. The number of hydrogen-bond donors (Lipinski definition) is 7. The van der Waals surface area contributed by atoms with Gasteiger partial charge in [0.15, 0.2) is 0 Å². The fourth-order valence-electron chi connectivity index (χ4n) is 12.0. The summed E-state index contributed by atoms with van der Waals surface area (Å²) in [5.41, 5.74) is 3.74. The van der Waals surface area contributed by atoms with Crippen molar-refractivity contribution in [2.45, 2.75) is 114 Å². The SMILES string of the molecule is C=C(/C=C/C=C(/CO)[C@@H]1CC[C@]2([C@@H]1O)[C@H]1C3=C(C=O)CCC[C@@]3(C=C[C@@H]1CCO)C[C@]2(O)CCNC)[C@H]1C/C=C(\C)[C@@H](O)N[C@@](C)(CCOC)Cc2cccc(c2)C1. The highest BCUT2D eigenvalue weighted by Crippen LogP contribution is 2.72. The van der Waals surface area contributed by atoms with Crippen LogP contribution in [-0.4, -0.2) is 95.8 Å². The molecule has 1 aromatic rings. The molecule has 4 aliphatic carbocycles. The summed E-state index contributed by atoms with van der Waals surface area (Å²) in [7, 11) is 3.58. The second-order valence-corrected chi connectivity index (χ2v) is 18.5. The van der Waals surface area contributed by atoms with Crippen LogP contribution in [0.25, 0.3) is 0 Å². The van der Waals surface area contributed by atoms with E-state index >= 15 is 0 Å². The molecule has 6 rings (SSSR count). The van der Waals surface area contributed by atoms with E-state index in [0.29, 0.717) is 63.7 Å². The van der Waals surface area contributed by atoms with Crippen molar-refractivity contribution >= 4 is 6.29 Å². The summed E-state index contributed by atoms with van der Waals surface area (Å²) in [5.74, 6) is -0.788. The molecular formula is C49H70N2O7. The summed E-state index contributed by atoms with van der Waals surface area (Å²) in [6, 6.07) is 8.65. The Morgan fingerprint density at radius 1 is 1.16 bits per heavy atom. The molecule has 9 heteroatoms. The highest BCUT2D eigenvalue weighted by atomic mass is 16.5. The third kappa shape index (κ3) is 8.62. The van der Waals surface area contributed by atoms with Crippen molar-refractivity contribution in [1.82, 2.24) is 10.6 Å². The topological polar surface area (TPSA) is 152 Å². The molecule has 0 saturated heterocycles. The highest BCUT2D eigenvalue weighted by Gasteiger charge is 2.71. The third-order valence-electron chi connectivity index (χ3n) is 14.9. The van der Waals surface area contributed by atoms with E-state index in [9.17, 15) is 30.3 Å². The summed E-state index contributed by atoms with van der Waals surface area (Å²) in [6.07, 6.45) is 19.4. The molecule has 10 atom stereocenters. The summed E-state index contributed by atoms with van der Waals surface area (Å²) >= 11 is 0. The molecule has 1 aromatic carbocycles. The number of ether oxygens (including phenoxy) is 1. The van der Waals surface area contributed by atoms with Crippen LogP contribution in [0.15, 0.2) is 95.2 Å². The molecule has 0 radical (unpaired) electrons. The van der Waals surface area contributed by atoms with Gasteiger partial charge < -0.3 is 35.6 Å². The lowest BCUT2D eigenvalue weighted by Gasteiger charge is -2.66. The minimum absolute atomic E-state index is 0.0309. The van der Waals surface area contributed by atoms with E-state index in [4.69, 9.17) is 4.74 Å². The van der Waals surface area contributed by atoms with Crippen molar-refractivity contribution in [2.24, 2.45) is 34.5 Å². The first-order valence-corrected chi connectivity index (χ1v) is 21.7. The molecule has 0 amide bonds. The van der Waals surface area contributed by atoms with Gasteiger partial charge in [-0.25, -0.2) is 0 Å². The fourth-order valence-corrected chi connectivity index (χ4v) is 12.0. The first kappa shape index (κ1) is 44.6. The predicted octanol–water partition coefficient (Wildman–Crippen LogP) is 5.82. The molecule has 4 bridgehead atoms. The number of aliphatic hydroxyl groups excluding tert-OH is 4. The van der Waals surface area contributed by atoms with Gasteiger partial charge in [-0.2, -0.15) is 0 Å². The zero-order valence-corrected chi connectivity index (χ0v) is 35.4. The number of carbonyl (C=O) groups is 1. The minimum atomic E-state index is -1.24. The predicted molar refractivity (Wildman–Crippen MR) is 230 cm³/mol. The van der Waals surface area contributed by atoms with Crippen LogP contribution in [-0.2, 0) is 22.4 Å². The van der Waals surface area contributed by atoms with Crippen molar-refractivity contribution < 1.29 is 35.1 Å². The summed E-state index contributed by atoms with van der Waals surface area (Å²) in [4.78, 5) is 12.7. The second-order valence-electron chi connectivity index (χ2n) is 18.5. The number of aliphatic hydroxyl groups is 5. The van der Waals surface area contributed by atoms with Crippen molar-refractivity contribution in [1.29, 1.82) is 0 Å². The molecule has 318 valence electrons. The largest absolute Gasteiger partial charge is 0.396 e. The molecule has 0 aromatic heterocycles. The third-order valence-corrected chi connectivity index (χ3v) is 14.9. The lowest BCUT2D eigenvalue weighted by molar-refractivity contribution is -0.207. The van der Waals surface area contributed by atoms with Crippen LogP contribution >= 0.6 is 0 Å². The van der Waals surface area contributed by atoms with Gasteiger partial charge in [-0.15, -0.1) is 0 Å². The Morgan fingerprint density at radius 3 is 2.67 bits per heavy atom. The lowest BCUT2D eigenvalue weighted by Crippen LogP contribution is -2.67. The van der Waals surface area contributed by atoms with Crippen LogP contribution < -0.4 is 10.6 Å². The standard InChI is InChI=1S/C49H70N2O7/c1-33(38-15-14-34(2)45(56)51-46(3,23-26-58-5)29-36-11-7-10-35(27-36)28-38)9-6-12-39(30-53)41-17-21-49(44(41)55)43-37(18-25-52)16-20-47(32-48(49,57)22-24-50-4)19-8-13-40(31-54)42(43)47/h6-7,9-12,14,16,20,27,31,37-38,41,43-45,50-53,55-57H,1,8,13,15,17-19,21-26,28-30,32H2,2-5H3/b9-6+,34-14+,39-12-/t37-,38+,41+,43-,44-,45-,46+,47-,48-,49-/m1/s1. The van der Waals surface area contributed by atoms with Crippen LogP contribution in [0.1, 0.15) is 89.2 Å². The number of hydrogen-bond acceptors (Lipinski definition) is 9. The number of carbonyl (C=O) groups excluding carboxylic acids is 1. The maximum Gasteiger partial charge on any atom is 0.146 e. The van der Waals surface area contributed by atoms with Gasteiger partial charge in [-0.3, -0.25) is 10.1 Å². The molecule has 1 aliphatic heterocycles. The second kappa shape index (κ2) is 18.7. The molecule has 7 N–H and O–H groups in total. The quantitative estimate of drug-likeness (QED) is 0.0702. The average Bonchev–Trinajstić information content (AvgIpc) is 3.55. The van der Waals surface area contributed by atoms with Crippen LogP contribution in [0.4, 0.5) is 0 Å². The number of aldehydes is 1. The number of methoxy groups -OCH3 is 1. The van der Waals surface area contributed by atoms with Gasteiger partial charge >= 0.3 is 0 Å². The van der Waals surface area contributed by atoms with Gasteiger partial charge in [0.05, 0.1) is 18.3 Å². The van der Waals surface area contributed by atoms with E-state index in [1.807, 2.05) is 32.2 Å². The smallest absolute Gasteiger partial charge is 0.146 e. The fraction of sp³-hybridized carbons (Fsp3) is 0.612. The summed E-state index contributed by atoms with van der Waals surface area (Å²) in [6.45, 7) is 9.48. The zero-order valence-electron chi connectivity index (χ0n) is 35.4. The van der Waals surface area contributed by atoms with Crippen LogP contribution in [0.5, 0.6) is 0 Å². The van der Waals surface area contributed by atoms with Crippen molar-refractivity contribution in [2.75, 3.05) is 40.5 Å². The monoisotopic (exact) mass is 799 g/mol. The Morgan fingerprint density at radius 2 is 1.95 bits per heavy atom. The van der Waals surface area contributed by atoms with Crippen LogP contribution in [0, 0.1) is 34.5 Å². The van der Waals surface area contributed by atoms with Crippen molar-refractivity contribution in [3.05, 3.63) is 106 Å². The summed E-state index contributed by atoms with van der Waals surface area (Å²) < 4.78 is 5.41. The highest BCUT2D eigenvalue weighted by molar-refractivity contribution is 5.76. The van der Waals surface area contributed by atoms with Gasteiger partial charge in [0.25, 0.3) is 0 Å². The van der Waals surface area contributed by atoms with Crippen molar-refractivity contribution in [3.8, 4) is 0 Å². The molecule has 2 fully saturated rings. The van der Waals surface area contributed by atoms with Crippen molar-refractivity contribution in [3.63, 3.8) is 0 Å².